The van der Waals surface area contributed by atoms with Crippen LogP contribution in [0.15, 0.2) is 36.7 Å². The minimum Gasteiger partial charge on any atom is -0.324 e. The summed E-state index contributed by atoms with van der Waals surface area (Å²) in [6, 6.07) is 6.47. The number of nitrogens with two attached hydrogens (primary N) is 1. The number of nitrogens with zero attached hydrogens (tertiary/aromatic N) is 1. The fraction of sp³-hybridized carbons (Fsp3) is 0.214. The van der Waals surface area contributed by atoms with Gasteiger partial charge in [-0.1, -0.05) is 6.07 Å². The Kier molecular flexibility index (Phi) is 3.20. The lowest BCUT2D eigenvalue weighted by Gasteiger charge is -2.14. The Morgan fingerprint density at radius 3 is 2.65 bits per heavy atom. The first kappa shape index (κ1) is 11.7. The van der Waals surface area contributed by atoms with Crippen molar-refractivity contribution in [3.8, 4) is 11.1 Å². The summed E-state index contributed by atoms with van der Waals surface area (Å²) in [5.41, 5.74) is 9.66. The molecule has 0 saturated heterocycles. The lowest BCUT2D eigenvalue weighted by Crippen LogP contribution is -2.07. The van der Waals surface area contributed by atoms with Crippen molar-refractivity contribution in [1.82, 2.24) is 4.98 Å². The minimum atomic E-state index is -0.257. The Bertz CT molecular complexity index is 535. The number of aryl methyl sites for hydroxylation is 1. The van der Waals surface area contributed by atoms with Gasteiger partial charge in [0, 0.05) is 24.0 Å². The second-order valence-electron chi connectivity index (χ2n) is 4.21. The molecule has 2 rings (SSSR count). The van der Waals surface area contributed by atoms with E-state index in [1.165, 1.54) is 12.1 Å². The molecule has 17 heavy (non-hydrogen) atoms. The second kappa shape index (κ2) is 4.63. The molecule has 0 aliphatic heterocycles. The molecule has 0 radical (unpaired) electrons. The number of hydrogen-bond donors (Lipinski definition) is 1. The zero-order valence-corrected chi connectivity index (χ0v) is 9.94. The van der Waals surface area contributed by atoms with Crippen molar-refractivity contribution in [3.05, 3.63) is 53.6 Å². The summed E-state index contributed by atoms with van der Waals surface area (Å²) in [5, 5.41) is 0. The molecule has 1 unspecified atom stereocenters. The Balaban J connectivity index is 2.65. The van der Waals surface area contributed by atoms with Gasteiger partial charge in [0.25, 0.3) is 0 Å². The molecule has 1 aromatic heterocycles. The standard InChI is InChI=1S/C14H15FN2/c1-9-5-6-17-8-14(9)13-7-11(15)3-4-12(13)10(2)16/h3-8,10H,16H2,1-2H3. The van der Waals surface area contributed by atoms with Crippen LogP contribution in [0, 0.1) is 12.7 Å². The molecule has 2 nitrogen and oxygen atoms in total. The van der Waals surface area contributed by atoms with Crippen LogP contribution in [-0.4, -0.2) is 4.98 Å². The quantitative estimate of drug-likeness (QED) is 0.860. The highest BCUT2D eigenvalue weighted by atomic mass is 19.1. The number of halogens is 1. The van der Waals surface area contributed by atoms with Gasteiger partial charge in [-0.15, -0.1) is 0 Å². The second-order valence-corrected chi connectivity index (χ2v) is 4.21. The fourth-order valence-corrected chi connectivity index (χ4v) is 1.90. The largest absolute Gasteiger partial charge is 0.324 e. The van der Waals surface area contributed by atoms with E-state index >= 15 is 0 Å². The van der Waals surface area contributed by atoms with Crippen molar-refractivity contribution in [2.24, 2.45) is 5.73 Å². The van der Waals surface area contributed by atoms with E-state index in [1.807, 2.05) is 19.9 Å². The van der Waals surface area contributed by atoms with Gasteiger partial charge in [0.05, 0.1) is 0 Å². The topological polar surface area (TPSA) is 38.9 Å². The first-order chi connectivity index (χ1) is 8.09. The molecule has 0 amide bonds. The Labute approximate surface area is 100 Å². The predicted molar refractivity (Wildman–Crippen MR) is 67.0 cm³/mol. The van der Waals surface area contributed by atoms with Gasteiger partial charge in [-0.25, -0.2) is 4.39 Å². The number of aromatic nitrogens is 1. The smallest absolute Gasteiger partial charge is 0.123 e. The van der Waals surface area contributed by atoms with Crippen LogP contribution in [0.3, 0.4) is 0 Å². The van der Waals surface area contributed by atoms with E-state index in [0.29, 0.717) is 0 Å². The third-order valence-electron chi connectivity index (χ3n) is 2.84. The average Bonchev–Trinajstić information content (AvgIpc) is 2.29. The van der Waals surface area contributed by atoms with Crippen molar-refractivity contribution >= 4 is 0 Å². The van der Waals surface area contributed by atoms with Crippen LogP contribution in [-0.2, 0) is 0 Å². The fourth-order valence-electron chi connectivity index (χ4n) is 1.90. The molecule has 1 aromatic carbocycles. The molecule has 0 aliphatic rings. The van der Waals surface area contributed by atoms with E-state index in [2.05, 4.69) is 4.98 Å². The third kappa shape index (κ3) is 2.34. The summed E-state index contributed by atoms with van der Waals surface area (Å²) in [6.45, 7) is 3.87. The number of rotatable bonds is 2. The minimum absolute atomic E-state index is 0.134. The van der Waals surface area contributed by atoms with Gasteiger partial charge in [-0.3, -0.25) is 4.98 Å². The van der Waals surface area contributed by atoms with E-state index in [-0.39, 0.29) is 11.9 Å². The highest BCUT2D eigenvalue weighted by Crippen LogP contribution is 2.29. The highest BCUT2D eigenvalue weighted by Gasteiger charge is 2.11. The van der Waals surface area contributed by atoms with E-state index in [9.17, 15) is 4.39 Å². The molecule has 88 valence electrons. The molecular weight excluding hydrogens is 215 g/mol. The molecule has 1 atom stereocenters. The van der Waals surface area contributed by atoms with Crippen LogP contribution in [0.1, 0.15) is 24.1 Å². The number of hydrogen-bond acceptors (Lipinski definition) is 2. The lowest BCUT2D eigenvalue weighted by atomic mass is 9.94. The zero-order chi connectivity index (χ0) is 12.4. The van der Waals surface area contributed by atoms with Crippen molar-refractivity contribution in [2.45, 2.75) is 19.9 Å². The number of benzene rings is 1. The Hall–Kier alpha value is -1.74. The first-order valence-corrected chi connectivity index (χ1v) is 5.55. The first-order valence-electron chi connectivity index (χ1n) is 5.55. The molecule has 2 aromatic rings. The van der Waals surface area contributed by atoms with Gasteiger partial charge in [-0.05, 0) is 48.7 Å². The zero-order valence-electron chi connectivity index (χ0n) is 9.94. The molecular formula is C14H15FN2. The molecule has 0 bridgehead atoms. The van der Waals surface area contributed by atoms with Crippen LogP contribution >= 0.6 is 0 Å². The summed E-state index contributed by atoms with van der Waals surface area (Å²) in [4.78, 5) is 4.09. The van der Waals surface area contributed by atoms with Crippen molar-refractivity contribution in [3.63, 3.8) is 0 Å². The maximum Gasteiger partial charge on any atom is 0.123 e. The van der Waals surface area contributed by atoms with Gasteiger partial charge in [0.15, 0.2) is 0 Å². The van der Waals surface area contributed by atoms with Gasteiger partial charge < -0.3 is 5.73 Å². The molecule has 2 N–H and O–H groups in total. The Morgan fingerprint density at radius 1 is 1.24 bits per heavy atom. The van der Waals surface area contributed by atoms with Crippen LogP contribution in [0.5, 0.6) is 0 Å². The number of pyridine rings is 1. The van der Waals surface area contributed by atoms with Crippen molar-refractivity contribution in [2.75, 3.05) is 0 Å². The normalized spacial score (nSPS) is 12.5. The van der Waals surface area contributed by atoms with Crippen LogP contribution in [0.4, 0.5) is 4.39 Å². The summed E-state index contributed by atoms with van der Waals surface area (Å²) in [5.74, 6) is -0.257. The molecule has 3 heteroatoms. The monoisotopic (exact) mass is 230 g/mol. The van der Waals surface area contributed by atoms with Crippen LogP contribution in [0.2, 0.25) is 0 Å². The van der Waals surface area contributed by atoms with E-state index in [0.717, 1.165) is 22.3 Å². The Morgan fingerprint density at radius 2 is 2.00 bits per heavy atom. The third-order valence-corrected chi connectivity index (χ3v) is 2.84. The van der Waals surface area contributed by atoms with Gasteiger partial charge in [0.2, 0.25) is 0 Å². The van der Waals surface area contributed by atoms with Crippen LogP contribution < -0.4 is 5.73 Å². The molecule has 0 fully saturated rings. The summed E-state index contributed by atoms with van der Waals surface area (Å²) in [6.07, 6.45) is 3.47. The molecule has 1 heterocycles. The predicted octanol–water partition coefficient (Wildman–Crippen LogP) is 3.22. The van der Waals surface area contributed by atoms with Gasteiger partial charge >= 0.3 is 0 Å². The van der Waals surface area contributed by atoms with E-state index in [4.69, 9.17) is 5.73 Å². The van der Waals surface area contributed by atoms with E-state index in [1.54, 1.807) is 18.5 Å². The molecule has 0 saturated carbocycles. The van der Waals surface area contributed by atoms with Crippen molar-refractivity contribution in [1.29, 1.82) is 0 Å². The SMILES string of the molecule is Cc1ccncc1-c1cc(F)ccc1C(C)N. The summed E-state index contributed by atoms with van der Waals surface area (Å²) >= 11 is 0. The molecule has 0 spiro atoms. The maximum absolute atomic E-state index is 13.4. The lowest BCUT2D eigenvalue weighted by molar-refractivity contribution is 0.626. The van der Waals surface area contributed by atoms with Gasteiger partial charge in [0.1, 0.15) is 5.82 Å². The average molecular weight is 230 g/mol. The van der Waals surface area contributed by atoms with Gasteiger partial charge in [-0.2, -0.15) is 0 Å². The van der Waals surface area contributed by atoms with Crippen molar-refractivity contribution < 1.29 is 4.39 Å². The summed E-state index contributed by atoms with van der Waals surface area (Å²) in [7, 11) is 0. The van der Waals surface area contributed by atoms with E-state index < -0.39 is 0 Å². The van der Waals surface area contributed by atoms with Crippen LogP contribution in [0.25, 0.3) is 11.1 Å². The summed E-state index contributed by atoms with van der Waals surface area (Å²) < 4.78 is 13.4. The molecule has 0 aliphatic carbocycles. The highest BCUT2D eigenvalue weighted by molar-refractivity contribution is 5.70. The maximum atomic E-state index is 13.4.